The molecule has 1 N–H and O–H groups in total. The van der Waals surface area contributed by atoms with Gasteiger partial charge in [0, 0.05) is 16.2 Å². The molecule has 0 aliphatic heterocycles. The topological polar surface area (TPSA) is 86.8 Å². The number of carbonyl (C=O) groups is 2. The van der Waals surface area contributed by atoms with Gasteiger partial charge in [0.05, 0.1) is 10.6 Å². The number of anilines is 1. The lowest BCUT2D eigenvalue weighted by Crippen LogP contribution is -2.53. The molecule has 0 aromatic heterocycles. The fourth-order valence-electron chi connectivity index (χ4n) is 5.01. The maximum Gasteiger partial charge on any atom is 0.264 e. The highest BCUT2D eigenvalue weighted by Gasteiger charge is 2.33. The zero-order valence-electron chi connectivity index (χ0n) is 22.9. The zero-order chi connectivity index (χ0) is 28.7. The number of nitrogens with zero attached hydrogens (tertiary/aromatic N) is 2. The van der Waals surface area contributed by atoms with Crippen molar-refractivity contribution in [3.63, 3.8) is 0 Å². The largest absolute Gasteiger partial charge is 0.352 e. The molecule has 9 heteroatoms. The van der Waals surface area contributed by atoms with Gasteiger partial charge >= 0.3 is 0 Å². The van der Waals surface area contributed by atoms with Crippen LogP contribution in [0, 0.1) is 10.5 Å². The number of nitrogens with one attached hydrogen (secondary N) is 1. The van der Waals surface area contributed by atoms with Crippen molar-refractivity contribution < 1.29 is 18.0 Å². The minimum Gasteiger partial charge on any atom is -0.352 e. The first-order valence-corrected chi connectivity index (χ1v) is 16.2. The van der Waals surface area contributed by atoms with Crippen LogP contribution in [0.2, 0.25) is 0 Å². The predicted octanol–water partition coefficient (Wildman–Crippen LogP) is 5.66. The molecule has 3 aromatic carbocycles. The van der Waals surface area contributed by atoms with Crippen LogP contribution in [-0.4, -0.2) is 43.8 Å². The summed E-state index contributed by atoms with van der Waals surface area (Å²) >= 11 is 2.15. The molecule has 212 valence electrons. The Kier molecular flexibility index (Phi) is 10.2. The lowest BCUT2D eigenvalue weighted by atomic mass is 9.95. The third kappa shape index (κ3) is 7.63. The minimum absolute atomic E-state index is 0.0923. The van der Waals surface area contributed by atoms with Gasteiger partial charge < -0.3 is 10.2 Å². The average molecular weight is 674 g/mol. The van der Waals surface area contributed by atoms with Crippen LogP contribution in [0.5, 0.6) is 0 Å². The van der Waals surface area contributed by atoms with Crippen molar-refractivity contribution in [1.82, 2.24) is 10.2 Å². The van der Waals surface area contributed by atoms with Crippen LogP contribution in [0.1, 0.15) is 50.2 Å². The number of halogens is 1. The highest BCUT2D eigenvalue weighted by atomic mass is 127. The Balaban J connectivity index is 1.66. The molecule has 1 atom stereocenters. The van der Waals surface area contributed by atoms with Gasteiger partial charge in [-0.1, -0.05) is 67.3 Å². The van der Waals surface area contributed by atoms with E-state index in [4.69, 9.17) is 0 Å². The molecule has 1 aliphatic rings. The van der Waals surface area contributed by atoms with Gasteiger partial charge in [0.2, 0.25) is 11.8 Å². The normalized spacial score (nSPS) is 14.8. The Hall–Kier alpha value is -2.92. The van der Waals surface area contributed by atoms with Gasteiger partial charge in [0.15, 0.2) is 0 Å². The molecule has 4 rings (SSSR count). The molecular formula is C31H36IN3O4S. The summed E-state index contributed by atoms with van der Waals surface area (Å²) in [6.45, 7) is 3.43. The Morgan fingerprint density at radius 2 is 1.62 bits per heavy atom. The number of rotatable bonds is 10. The van der Waals surface area contributed by atoms with Gasteiger partial charge in [0.1, 0.15) is 12.6 Å². The third-order valence-corrected chi connectivity index (χ3v) is 9.79. The second kappa shape index (κ2) is 13.6. The van der Waals surface area contributed by atoms with Crippen LogP contribution in [-0.2, 0) is 26.2 Å². The van der Waals surface area contributed by atoms with E-state index in [1.807, 2.05) is 31.2 Å². The summed E-state index contributed by atoms with van der Waals surface area (Å²) in [5.74, 6) is -0.675. The Labute approximate surface area is 251 Å². The van der Waals surface area contributed by atoms with E-state index in [2.05, 4.69) is 27.9 Å². The average Bonchev–Trinajstić information content (AvgIpc) is 2.95. The molecule has 7 nitrogen and oxygen atoms in total. The van der Waals surface area contributed by atoms with Crippen LogP contribution in [0.3, 0.4) is 0 Å². The number of amides is 2. The maximum absolute atomic E-state index is 14.0. The van der Waals surface area contributed by atoms with Crippen molar-refractivity contribution in [2.24, 2.45) is 0 Å². The van der Waals surface area contributed by atoms with E-state index in [0.29, 0.717) is 5.69 Å². The van der Waals surface area contributed by atoms with E-state index < -0.39 is 28.5 Å². The smallest absolute Gasteiger partial charge is 0.264 e. The second-order valence-corrected chi connectivity index (χ2v) is 13.4. The Morgan fingerprint density at radius 1 is 0.950 bits per heavy atom. The van der Waals surface area contributed by atoms with Gasteiger partial charge in [-0.3, -0.25) is 13.9 Å². The fraction of sp³-hybridized carbons (Fsp3) is 0.355. The quantitative estimate of drug-likeness (QED) is 0.282. The predicted molar refractivity (Wildman–Crippen MR) is 166 cm³/mol. The molecule has 0 bridgehead atoms. The van der Waals surface area contributed by atoms with Crippen molar-refractivity contribution >= 4 is 50.1 Å². The summed E-state index contributed by atoms with van der Waals surface area (Å²) in [5, 5.41) is 3.13. The lowest BCUT2D eigenvalue weighted by molar-refractivity contribution is -0.139. The standard InChI is InChI=1S/C31H36IN3O4S/c1-23-10-9-11-25(20-23)21-34(24(2)31(37)33-27-12-5-3-6-13-27)30(36)22-35(28-18-16-26(32)17-19-28)40(38,39)29-14-7-4-8-15-29/h4,7-11,14-20,24,27H,3,5-6,12-13,21-22H2,1-2H3,(H,33,37)/t24-/m1/s1. The van der Waals surface area contributed by atoms with Gasteiger partial charge in [-0.2, -0.15) is 0 Å². The molecular weight excluding hydrogens is 637 g/mol. The van der Waals surface area contributed by atoms with Crippen LogP contribution in [0.15, 0.2) is 83.8 Å². The van der Waals surface area contributed by atoms with E-state index in [1.165, 1.54) is 23.5 Å². The van der Waals surface area contributed by atoms with E-state index in [9.17, 15) is 18.0 Å². The molecule has 40 heavy (non-hydrogen) atoms. The molecule has 1 saturated carbocycles. The Morgan fingerprint density at radius 3 is 2.27 bits per heavy atom. The summed E-state index contributed by atoms with van der Waals surface area (Å²) in [4.78, 5) is 29.0. The molecule has 2 amide bonds. The summed E-state index contributed by atoms with van der Waals surface area (Å²) in [7, 11) is -4.06. The van der Waals surface area contributed by atoms with Crippen LogP contribution in [0.25, 0.3) is 0 Å². The SMILES string of the molecule is Cc1cccc(CN(C(=O)CN(c2ccc(I)cc2)S(=O)(=O)c2ccccc2)[C@H](C)C(=O)NC2CCCCC2)c1. The highest BCUT2D eigenvalue weighted by Crippen LogP contribution is 2.25. The first kappa shape index (κ1) is 30.0. The summed E-state index contributed by atoms with van der Waals surface area (Å²) in [5.41, 5.74) is 2.29. The van der Waals surface area contributed by atoms with Crippen LogP contribution >= 0.6 is 22.6 Å². The monoisotopic (exact) mass is 673 g/mol. The van der Waals surface area contributed by atoms with Gasteiger partial charge in [-0.15, -0.1) is 0 Å². The van der Waals surface area contributed by atoms with Gasteiger partial charge in [-0.25, -0.2) is 8.42 Å². The van der Waals surface area contributed by atoms with Gasteiger partial charge in [0.25, 0.3) is 10.0 Å². The molecule has 0 radical (unpaired) electrons. The van der Waals surface area contributed by atoms with Crippen molar-refractivity contribution in [3.8, 4) is 0 Å². The molecule has 0 saturated heterocycles. The number of sulfonamides is 1. The molecule has 0 unspecified atom stereocenters. The molecule has 1 fully saturated rings. The highest BCUT2D eigenvalue weighted by molar-refractivity contribution is 14.1. The maximum atomic E-state index is 14.0. The van der Waals surface area contributed by atoms with E-state index in [0.717, 1.165) is 44.7 Å². The summed E-state index contributed by atoms with van der Waals surface area (Å²) in [6, 6.07) is 22.2. The Bertz CT molecular complexity index is 1410. The number of aryl methyl sites for hydroxylation is 1. The first-order valence-electron chi connectivity index (χ1n) is 13.6. The molecule has 0 spiro atoms. The third-order valence-electron chi connectivity index (χ3n) is 7.28. The molecule has 1 aliphatic carbocycles. The summed E-state index contributed by atoms with van der Waals surface area (Å²) < 4.78 is 29.7. The number of benzene rings is 3. The number of hydrogen-bond donors (Lipinski definition) is 1. The van der Waals surface area contributed by atoms with E-state index in [1.54, 1.807) is 49.4 Å². The first-order chi connectivity index (χ1) is 19.1. The number of hydrogen-bond acceptors (Lipinski definition) is 4. The van der Waals surface area contributed by atoms with Crippen molar-refractivity contribution in [2.45, 2.75) is 69.5 Å². The molecule has 0 heterocycles. The summed E-state index contributed by atoms with van der Waals surface area (Å²) in [6.07, 6.45) is 5.19. The van der Waals surface area contributed by atoms with Crippen molar-refractivity contribution in [2.75, 3.05) is 10.8 Å². The van der Waals surface area contributed by atoms with E-state index >= 15 is 0 Å². The minimum atomic E-state index is -4.06. The van der Waals surface area contributed by atoms with Gasteiger partial charge in [-0.05, 0) is 91.2 Å². The second-order valence-electron chi connectivity index (χ2n) is 10.3. The van der Waals surface area contributed by atoms with Crippen LogP contribution in [0.4, 0.5) is 5.69 Å². The fourth-order valence-corrected chi connectivity index (χ4v) is 6.81. The number of carbonyl (C=O) groups excluding carboxylic acids is 2. The zero-order valence-corrected chi connectivity index (χ0v) is 25.9. The van der Waals surface area contributed by atoms with Crippen molar-refractivity contribution in [1.29, 1.82) is 0 Å². The van der Waals surface area contributed by atoms with Crippen molar-refractivity contribution in [3.05, 3.63) is 93.6 Å². The van der Waals surface area contributed by atoms with Crippen LogP contribution < -0.4 is 9.62 Å². The van der Waals surface area contributed by atoms with E-state index in [-0.39, 0.29) is 23.4 Å². The lowest BCUT2D eigenvalue weighted by Gasteiger charge is -2.33. The molecule has 3 aromatic rings.